The quantitative estimate of drug-likeness (QED) is 0.875. The van der Waals surface area contributed by atoms with Crippen LogP contribution in [0.2, 0.25) is 5.02 Å². The Hall–Kier alpha value is -2.53. The lowest BCUT2D eigenvalue weighted by molar-refractivity contribution is -0.117. The summed E-state index contributed by atoms with van der Waals surface area (Å²) in [6.07, 6.45) is 0.281. The van der Waals surface area contributed by atoms with Gasteiger partial charge in [-0.15, -0.1) is 0 Å². The van der Waals surface area contributed by atoms with Crippen molar-refractivity contribution in [3.63, 3.8) is 0 Å². The largest absolute Gasteiger partial charge is 0.333 e. The minimum absolute atomic E-state index is 0.0150. The monoisotopic (exact) mass is 357 g/mol. The molecule has 0 saturated carbocycles. The van der Waals surface area contributed by atoms with Gasteiger partial charge in [0.2, 0.25) is 5.91 Å². The summed E-state index contributed by atoms with van der Waals surface area (Å²) >= 11 is 5.88. The van der Waals surface area contributed by atoms with Crippen molar-refractivity contribution in [3.8, 4) is 0 Å². The number of hydrogen-bond acceptors (Lipinski definition) is 2. The van der Waals surface area contributed by atoms with Crippen molar-refractivity contribution in [2.24, 2.45) is 0 Å². The molecule has 1 atom stereocenters. The first kappa shape index (κ1) is 17.3. The number of hydrogen-bond donors (Lipinski definition) is 2. The van der Waals surface area contributed by atoms with E-state index in [2.05, 4.69) is 10.6 Å². The lowest BCUT2D eigenvalue weighted by Crippen LogP contribution is -2.39. The number of nitrogens with zero attached hydrogens (tertiary/aromatic N) is 1. The van der Waals surface area contributed by atoms with E-state index in [4.69, 9.17) is 11.6 Å². The van der Waals surface area contributed by atoms with Gasteiger partial charge in [-0.3, -0.25) is 4.79 Å². The van der Waals surface area contributed by atoms with E-state index >= 15 is 0 Å². The van der Waals surface area contributed by atoms with Crippen LogP contribution in [0.5, 0.6) is 0 Å². The topological polar surface area (TPSA) is 61.4 Å². The van der Waals surface area contributed by atoms with Crippen LogP contribution in [-0.4, -0.2) is 24.5 Å². The Labute approximate surface area is 152 Å². The molecule has 3 rings (SSSR count). The van der Waals surface area contributed by atoms with Crippen molar-refractivity contribution in [1.29, 1.82) is 0 Å². The van der Waals surface area contributed by atoms with Crippen LogP contribution < -0.4 is 15.5 Å². The highest BCUT2D eigenvalue weighted by Crippen LogP contribution is 2.23. The number of carbonyl (C=O) groups is 2. The fraction of sp³-hybridized carbons (Fsp3) is 0.263. The van der Waals surface area contributed by atoms with Gasteiger partial charge < -0.3 is 15.5 Å². The van der Waals surface area contributed by atoms with E-state index in [0.717, 1.165) is 16.9 Å². The van der Waals surface area contributed by atoms with Gasteiger partial charge in [0.25, 0.3) is 0 Å². The van der Waals surface area contributed by atoms with Crippen LogP contribution in [0.15, 0.2) is 42.5 Å². The van der Waals surface area contributed by atoms with Crippen molar-refractivity contribution >= 4 is 34.9 Å². The maximum absolute atomic E-state index is 12.2. The molecule has 2 aromatic rings. The minimum Gasteiger partial charge on any atom is -0.333 e. The molecule has 25 heavy (non-hydrogen) atoms. The van der Waals surface area contributed by atoms with Gasteiger partial charge in [0.15, 0.2) is 0 Å². The van der Waals surface area contributed by atoms with Crippen LogP contribution in [0.1, 0.15) is 17.5 Å². The molecule has 0 unspecified atom stereocenters. The van der Waals surface area contributed by atoms with Crippen molar-refractivity contribution in [2.75, 3.05) is 16.8 Å². The molecule has 1 heterocycles. The molecule has 2 aromatic carbocycles. The lowest BCUT2D eigenvalue weighted by Gasteiger charge is -2.17. The van der Waals surface area contributed by atoms with Crippen molar-refractivity contribution in [3.05, 3.63) is 58.6 Å². The van der Waals surface area contributed by atoms with Crippen LogP contribution in [0.25, 0.3) is 0 Å². The van der Waals surface area contributed by atoms with Gasteiger partial charge >= 0.3 is 6.03 Å². The highest BCUT2D eigenvalue weighted by atomic mass is 35.5. The van der Waals surface area contributed by atoms with Gasteiger partial charge in [0, 0.05) is 29.4 Å². The number of nitrogens with one attached hydrogen (secondary N) is 2. The Morgan fingerprint density at radius 3 is 2.52 bits per heavy atom. The van der Waals surface area contributed by atoms with Crippen molar-refractivity contribution < 1.29 is 9.59 Å². The Kier molecular flexibility index (Phi) is 4.95. The van der Waals surface area contributed by atoms with E-state index in [1.165, 1.54) is 5.56 Å². The van der Waals surface area contributed by atoms with E-state index in [1.807, 2.05) is 32.0 Å². The summed E-state index contributed by atoms with van der Waals surface area (Å²) in [5, 5.41) is 6.30. The SMILES string of the molecule is Cc1ccc(NC(=O)N[C@@H]2CC(=O)N(c3ccc(Cl)cc3)C2)cc1C. The summed E-state index contributed by atoms with van der Waals surface area (Å²) in [7, 11) is 0. The summed E-state index contributed by atoms with van der Waals surface area (Å²) < 4.78 is 0. The van der Waals surface area contributed by atoms with Gasteiger partial charge in [0.05, 0.1) is 6.04 Å². The highest BCUT2D eigenvalue weighted by Gasteiger charge is 2.31. The van der Waals surface area contributed by atoms with Crippen LogP contribution in [-0.2, 0) is 4.79 Å². The molecule has 130 valence electrons. The smallest absolute Gasteiger partial charge is 0.319 e. The van der Waals surface area contributed by atoms with Crippen LogP contribution in [0.4, 0.5) is 16.2 Å². The number of benzene rings is 2. The number of amides is 3. The predicted octanol–water partition coefficient (Wildman–Crippen LogP) is 3.88. The van der Waals surface area contributed by atoms with E-state index in [0.29, 0.717) is 11.6 Å². The third kappa shape index (κ3) is 4.12. The molecule has 1 saturated heterocycles. The molecule has 0 aliphatic carbocycles. The zero-order valence-corrected chi connectivity index (χ0v) is 14.9. The molecule has 1 aliphatic heterocycles. The van der Waals surface area contributed by atoms with E-state index in [1.54, 1.807) is 29.2 Å². The first-order valence-corrected chi connectivity index (χ1v) is 8.51. The van der Waals surface area contributed by atoms with Crippen LogP contribution in [0, 0.1) is 13.8 Å². The Bertz CT molecular complexity index is 805. The summed E-state index contributed by atoms with van der Waals surface area (Å²) in [6, 6.07) is 12.3. The van der Waals surface area contributed by atoms with Crippen molar-refractivity contribution in [2.45, 2.75) is 26.3 Å². The Morgan fingerprint density at radius 1 is 1.12 bits per heavy atom. The second kappa shape index (κ2) is 7.15. The first-order valence-electron chi connectivity index (χ1n) is 8.13. The van der Waals surface area contributed by atoms with E-state index in [9.17, 15) is 9.59 Å². The summed E-state index contributed by atoms with van der Waals surface area (Å²) in [6.45, 7) is 4.47. The molecule has 0 spiro atoms. The van der Waals surface area contributed by atoms with Gasteiger partial charge in [0.1, 0.15) is 0 Å². The molecule has 1 fully saturated rings. The number of aryl methyl sites for hydroxylation is 2. The summed E-state index contributed by atoms with van der Waals surface area (Å²) in [5.41, 5.74) is 3.81. The van der Waals surface area contributed by atoms with Crippen LogP contribution >= 0.6 is 11.6 Å². The predicted molar refractivity (Wildman–Crippen MR) is 100 cm³/mol. The zero-order chi connectivity index (χ0) is 18.0. The van der Waals surface area contributed by atoms with Gasteiger partial charge in [-0.2, -0.15) is 0 Å². The average molecular weight is 358 g/mol. The molecular weight excluding hydrogens is 338 g/mol. The highest BCUT2D eigenvalue weighted by molar-refractivity contribution is 6.30. The van der Waals surface area contributed by atoms with Crippen molar-refractivity contribution in [1.82, 2.24) is 5.32 Å². The molecule has 6 heteroatoms. The normalized spacial score (nSPS) is 16.8. The van der Waals surface area contributed by atoms with E-state index in [-0.39, 0.29) is 24.4 Å². The number of urea groups is 1. The molecular formula is C19H20ClN3O2. The summed E-state index contributed by atoms with van der Waals surface area (Å²) in [4.78, 5) is 26.1. The standard InChI is InChI=1S/C19H20ClN3O2/c1-12-3-6-15(9-13(12)2)21-19(25)22-16-10-18(24)23(11-16)17-7-4-14(20)5-8-17/h3-9,16H,10-11H2,1-2H3,(H2,21,22,25)/t16-/m1/s1. The second-order valence-corrected chi connectivity index (χ2v) is 6.72. The first-order chi connectivity index (χ1) is 11.9. The number of rotatable bonds is 3. The fourth-order valence-electron chi connectivity index (χ4n) is 2.85. The van der Waals surface area contributed by atoms with E-state index < -0.39 is 0 Å². The second-order valence-electron chi connectivity index (χ2n) is 6.28. The fourth-order valence-corrected chi connectivity index (χ4v) is 2.97. The Morgan fingerprint density at radius 2 is 1.84 bits per heavy atom. The lowest BCUT2D eigenvalue weighted by atomic mass is 10.1. The average Bonchev–Trinajstić information content (AvgIpc) is 2.92. The number of halogens is 1. The number of anilines is 2. The Balaban J connectivity index is 1.60. The maximum Gasteiger partial charge on any atom is 0.319 e. The summed E-state index contributed by atoms with van der Waals surface area (Å²) in [5.74, 6) is -0.0150. The maximum atomic E-state index is 12.2. The third-order valence-electron chi connectivity index (χ3n) is 4.36. The molecule has 1 aliphatic rings. The van der Waals surface area contributed by atoms with Gasteiger partial charge in [-0.25, -0.2) is 4.79 Å². The molecule has 2 N–H and O–H groups in total. The molecule has 5 nitrogen and oxygen atoms in total. The van der Waals surface area contributed by atoms with Gasteiger partial charge in [-0.05, 0) is 61.4 Å². The molecule has 0 bridgehead atoms. The zero-order valence-electron chi connectivity index (χ0n) is 14.2. The minimum atomic E-state index is -0.306. The molecule has 0 aromatic heterocycles. The number of carbonyl (C=O) groups excluding carboxylic acids is 2. The third-order valence-corrected chi connectivity index (χ3v) is 4.62. The van der Waals surface area contributed by atoms with Gasteiger partial charge in [-0.1, -0.05) is 17.7 Å². The van der Waals surface area contributed by atoms with Crippen LogP contribution in [0.3, 0.4) is 0 Å². The molecule has 3 amide bonds. The molecule has 0 radical (unpaired) electrons.